The second-order valence-corrected chi connectivity index (χ2v) is 8.16. The van der Waals surface area contributed by atoms with Gasteiger partial charge in [0.05, 0.1) is 30.9 Å². The fraction of sp³-hybridized carbons (Fsp3) is 0.200. The van der Waals surface area contributed by atoms with Crippen LogP contribution in [-0.4, -0.2) is 25.5 Å². The van der Waals surface area contributed by atoms with Crippen LogP contribution in [0.1, 0.15) is 46.1 Å². The van der Waals surface area contributed by atoms with Gasteiger partial charge in [-0.25, -0.2) is 4.79 Å². The summed E-state index contributed by atoms with van der Waals surface area (Å²) in [5.41, 5.74) is 3.17. The van der Waals surface area contributed by atoms with Crippen molar-refractivity contribution in [2.75, 3.05) is 13.7 Å². The minimum Gasteiger partial charge on any atom is -0.496 e. The number of methoxy groups -OCH3 is 1. The number of hydrogen-bond acceptors (Lipinski definition) is 5. The van der Waals surface area contributed by atoms with Crippen molar-refractivity contribution in [3.05, 3.63) is 99.0 Å². The average Bonchev–Trinajstić information content (AvgIpc) is 3.25. The second-order valence-electron chi connectivity index (χ2n) is 7.28. The highest BCUT2D eigenvalue weighted by molar-refractivity contribution is 6.30. The number of esters is 1. The number of amidine groups is 1. The Balaban J connectivity index is 1.78. The van der Waals surface area contributed by atoms with Gasteiger partial charge in [-0.15, -0.1) is 0 Å². The summed E-state index contributed by atoms with van der Waals surface area (Å²) in [5.74, 6) is 0.849. The highest BCUT2D eigenvalue weighted by Crippen LogP contribution is 2.39. The fourth-order valence-corrected chi connectivity index (χ4v) is 3.97. The van der Waals surface area contributed by atoms with Crippen LogP contribution in [0.15, 0.2) is 71.7 Å². The van der Waals surface area contributed by atoms with Crippen molar-refractivity contribution < 1.29 is 14.3 Å². The number of nitrogens with one attached hydrogen (secondary N) is 1. The van der Waals surface area contributed by atoms with Gasteiger partial charge in [0.1, 0.15) is 17.6 Å². The molecule has 3 aromatic rings. The van der Waals surface area contributed by atoms with Gasteiger partial charge in [0.15, 0.2) is 0 Å². The molecule has 0 amide bonds. The molecule has 0 radical (unpaired) electrons. The Kier molecular flexibility index (Phi) is 6.68. The molecule has 1 N–H and O–H groups in total. The number of carbonyl (C=O) groups is 1. The smallest absolute Gasteiger partial charge is 0.338 e. The molecule has 1 aliphatic heterocycles. The molecule has 164 valence electrons. The summed E-state index contributed by atoms with van der Waals surface area (Å²) in [6, 6.07) is 20.1. The van der Waals surface area contributed by atoms with Crippen LogP contribution in [0.4, 0.5) is 0 Å². The SMILES string of the molecule is CCOC(=O)c1ccc(OC)c(C2=N[C@H](c3ccc(Cl)cc3)[C@H](c3ccc(Cl)cc3)N2)c1. The number of halogens is 2. The lowest BCUT2D eigenvalue weighted by Gasteiger charge is -2.20. The lowest BCUT2D eigenvalue weighted by atomic mass is 9.95. The zero-order valence-corrected chi connectivity index (χ0v) is 19.2. The van der Waals surface area contributed by atoms with Crippen molar-refractivity contribution in [1.82, 2.24) is 5.32 Å². The van der Waals surface area contributed by atoms with Crippen molar-refractivity contribution in [1.29, 1.82) is 0 Å². The normalized spacial score (nSPS) is 17.4. The van der Waals surface area contributed by atoms with Crippen molar-refractivity contribution in [2.24, 2.45) is 4.99 Å². The first kappa shape index (κ1) is 22.2. The highest BCUT2D eigenvalue weighted by atomic mass is 35.5. The van der Waals surface area contributed by atoms with E-state index in [4.69, 9.17) is 37.7 Å². The number of rotatable bonds is 6. The van der Waals surface area contributed by atoms with Crippen molar-refractivity contribution in [3.63, 3.8) is 0 Å². The van der Waals surface area contributed by atoms with Crippen LogP contribution in [0.5, 0.6) is 5.75 Å². The third-order valence-corrected chi connectivity index (χ3v) is 5.79. The summed E-state index contributed by atoms with van der Waals surface area (Å²) in [4.78, 5) is 17.3. The fourth-order valence-electron chi connectivity index (χ4n) is 3.72. The molecule has 4 rings (SSSR count). The van der Waals surface area contributed by atoms with Crippen LogP contribution in [-0.2, 0) is 4.74 Å². The summed E-state index contributed by atoms with van der Waals surface area (Å²) in [6.07, 6.45) is 0. The minimum atomic E-state index is -0.390. The lowest BCUT2D eigenvalue weighted by Crippen LogP contribution is -2.25. The molecule has 0 aliphatic carbocycles. The molecule has 2 atom stereocenters. The van der Waals surface area contributed by atoms with Crippen LogP contribution in [0.25, 0.3) is 0 Å². The second kappa shape index (κ2) is 9.63. The van der Waals surface area contributed by atoms with Gasteiger partial charge in [-0.05, 0) is 60.5 Å². The molecule has 0 fully saturated rings. The van der Waals surface area contributed by atoms with Gasteiger partial charge in [0.2, 0.25) is 0 Å². The number of benzene rings is 3. The van der Waals surface area contributed by atoms with Gasteiger partial charge in [0, 0.05) is 10.0 Å². The average molecular weight is 469 g/mol. The van der Waals surface area contributed by atoms with Gasteiger partial charge in [-0.3, -0.25) is 4.99 Å². The minimum absolute atomic E-state index is 0.139. The molecule has 0 unspecified atom stereocenters. The number of aliphatic imine (C=N–C) groups is 1. The highest BCUT2D eigenvalue weighted by Gasteiger charge is 2.33. The van der Waals surface area contributed by atoms with E-state index in [1.54, 1.807) is 32.2 Å². The van der Waals surface area contributed by atoms with E-state index < -0.39 is 5.97 Å². The maximum absolute atomic E-state index is 12.3. The topological polar surface area (TPSA) is 59.9 Å². The maximum Gasteiger partial charge on any atom is 0.338 e. The van der Waals surface area contributed by atoms with Gasteiger partial charge in [-0.1, -0.05) is 47.5 Å². The van der Waals surface area contributed by atoms with Crippen molar-refractivity contribution in [2.45, 2.75) is 19.0 Å². The molecule has 0 aromatic heterocycles. The monoisotopic (exact) mass is 468 g/mol. The molecule has 1 aliphatic rings. The van der Waals surface area contributed by atoms with Crippen LogP contribution < -0.4 is 10.1 Å². The number of hydrogen-bond donors (Lipinski definition) is 1. The molecule has 5 nitrogen and oxygen atoms in total. The first-order valence-electron chi connectivity index (χ1n) is 10.2. The standard InChI is InChI=1S/C25H22Cl2N2O3/c1-3-32-25(30)17-8-13-21(31-2)20(14-17)24-28-22(15-4-9-18(26)10-5-15)23(29-24)16-6-11-19(27)12-7-16/h4-14,22-23H,3H2,1-2H3,(H,28,29)/t22-,23+. The Morgan fingerprint density at radius 1 is 0.969 bits per heavy atom. The zero-order valence-electron chi connectivity index (χ0n) is 17.6. The molecule has 7 heteroatoms. The summed E-state index contributed by atoms with van der Waals surface area (Å²) < 4.78 is 10.7. The number of ether oxygens (including phenoxy) is 2. The third-order valence-electron chi connectivity index (χ3n) is 5.28. The third kappa shape index (κ3) is 4.59. The van der Waals surface area contributed by atoms with E-state index in [1.165, 1.54) is 0 Å². The number of nitrogens with zero attached hydrogens (tertiary/aromatic N) is 1. The Morgan fingerprint density at radius 2 is 1.59 bits per heavy atom. The van der Waals surface area contributed by atoms with E-state index in [0.717, 1.165) is 11.1 Å². The quantitative estimate of drug-likeness (QED) is 0.449. The largest absolute Gasteiger partial charge is 0.496 e. The van der Waals surface area contributed by atoms with E-state index in [0.29, 0.717) is 39.4 Å². The summed E-state index contributed by atoms with van der Waals surface area (Å²) in [7, 11) is 1.59. The van der Waals surface area contributed by atoms with Crippen LogP contribution in [0.3, 0.4) is 0 Å². The molecule has 1 heterocycles. The molecule has 3 aromatic carbocycles. The van der Waals surface area contributed by atoms with Crippen molar-refractivity contribution >= 4 is 35.0 Å². The van der Waals surface area contributed by atoms with Crippen LogP contribution >= 0.6 is 23.2 Å². The Labute approximate surface area is 197 Å². The van der Waals surface area contributed by atoms with Crippen LogP contribution in [0.2, 0.25) is 10.0 Å². The first-order valence-corrected chi connectivity index (χ1v) is 11.0. The number of carbonyl (C=O) groups excluding carboxylic acids is 1. The molecular weight excluding hydrogens is 447 g/mol. The first-order chi connectivity index (χ1) is 15.5. The molecule has 32 heavy (non-hydrogen) atoms. The zero-order chi connectivity index (χ0) is 22.7. The molecule has 0 spiro atoms. The van der Waals surface area contributed by atoms with E-state index in [2.05, 4.69) is 5.32 Å². The summed E-state index contributed by atoms with van der Waals surface area (Å²) >= 11 is 12.2. The molecule has 0 saturated heterocycles. The predicted octanol–water partition coefficient (Wildman–Crippen LogP) is 6.01. The van der Waals surface area contributed by atoms with Gasteiger partial charge < -0.3 is 14.8 Å². The Bertz CT molecular complexity index is 1140. The maximum atomic E-state index is 12.3. The van der Waals surface area contributed by atoms with Gasteiger partial charge >= 0.3 is 5.97 Å². The van der Waals surface area contributed by atoms with E-state index in [-0.39, 0.29) is 12.1 Å². The Hall–Kier alpha value is -3.02. The van der Waals surface area contributed by atoms with Gasteiger partial charge in [-0.2, -0.15) is 0 Å². The molecule has 0 bridgehead atoms. The van der Waals surface area contributed by atoms with Crippen LogP contribution in [0, 0.1) is 0 Å². The van der Waals surface area contributed by atoms with E-state index in [9.17, 15) is 4.79 Å². The predicted molar refractivity (Wildman–Crippen MR) is 127 cm³/mol. The molecule has 0 saturated carbocycles. The summed E-state index contributed by atoms with van der Waals surface area (Å²) in [5, 5.41) is 4.85. The van der Waals surface area contributed by atoms with E-state index in [1.807, 2.05) is 48.5 Å². The summed E-state index contributed by atoms with van der Waals surface area (Å²) in [6.45, 7) is 2.08. The van der Waals surface area contributed by atoms with Crippen molar-refractivity contribution in [3.8, 4) is 5.75 Å². The lowest BCUT2D eigenvalue weighted by molar-refractivity contribution is 0.0526. The molecular formula is C25H22Cl2N2O3. The van der Waals surface area contributed by atoms with Gasteiger partial charge in [0.25, 0.3) is 0 Å². The Morgan fingerprint density at radius 3 is 2.19 bits per heavy atom. The van der Waals surface area contributed by atoms with E-state index >= 15 is 0 Å².